The Bertz CT molecular complexity index is 84.2. The van der Waals surface area contributed by atoms with Gasteiger partial charge >= 0.3 is 5.97 Å². The number of ether oxygens (including phenoxy) is 1. The lowest BCUT2D eigenvalue weighted by Gasteiger charge is -1.99. The monoisotopic (exact) mass is 161 g/mol. The zero-order valence-electron chi connectivity index (χ0n) is 7.94. The van der Waals surface area contributed by atoms with E-state index in [1.165, 1.54) is 6.92 Å². The second-order valence-electron chi connectivity index (χ2n) is 1.80. The Morgan fingerprint density at radius 2 is 2.00 bits per heavy atom. The summed E-state index contributed by atoms with van der Waals surface area (Å²) in [5, 5.41) is 2.95. The van der Waals surface area contributed by atoms with E-state index in [1.807, 2.05) is 20.9 Å². The maximum Gasteiger partial charge on any atom is 0.302 e. The molecule has 3 heteroatoms. The molecule has 0 spiro atoms. The number of rotatable bonds is 4. The highest BCUT2D eigenvalue weighted by molar-refractivity contribution is 5.65. The van der Waals surface area contributed by atoms with Crippen LogP contribution in [0.5, 0.6) is 0 Å². The molecule has 1 N–H and O–H groups in total. The lowest BCUT2D eigenvalue weighted by Crippen LogP contribution is -2.11. The highest BCUT2D eigenvalue weighted by atomic mass is 16.5. The smallest absolute Gasteiger partial charge is 0.302 e. The van der Waals surface area contributed by atoms with Crippen LogP contribution in [0.4, 0.5) is 0 Å². The van der Waals surface area contributed by atoms with E-state index in [9.17, 15) is 4.79 Å². The largest absolute Gasteiger partial charge is 0.466 e. The van der Waals surface area contributed by atoms with Crippen molar-refractivity contribution in [3.8, 4) is 0 Å². The Balaban J connectivity index is 0. The van der Waals surface area contributed by atoms with Crippen LogP contribution in [-0.4, -0.2) is 26.2 Å². The Kier molecular flexibility index (Phi) is 14.4. The van der Waals surface area contributed by atoms with Crippen LogP contribution in [0, 0.1) is 0 Å². The van der Waals surface area contributed by atoms with E-state index < -0.39 is 0 Å². The van der Waals surface area contributed by atoms with Crippen molar-refractivity contribution in [1.29, 1.82) is 0 Å². The summed E-state index contributed by atoms with van der Waals surface area (Å²) in [6.07, 6.45) is 0.885. The van der Waals surface area contributed by atoms with Crippen molar-refractivity contribution < 1.29 is 9.53 Å². The van der Waals surface area contributed by atoms with Crippen molar-refractivity contribution in [2.75, 3.05) is 20.2 Å². The number of hydrogen-bond acceptors (Lipinski definition) is 3. The zero-order valence-corrected chi connectivity index (χ0v) is 7.94. The molecule has 0 radical (unpaired) electrons. The molecule has 0 aromatic rings. The molecule has 0 aliphatic rings. The van der Waals surface area contributed by atoms with Crippen LogP contribution in [0.1, 0.15) is 27.2 Å². The maximum atomic E-state index is 10.2. The molecule has 0 atom stereocenters. The Morgan fingerprint density at radius 3 is 2.36 bits per heavy atom. The van der Waals surface area contributed by atoms with Crippen LogP contribution < -0.4 is 5.32 Å². The van der Waals surface area contributed by atoms with Crippen molar-refractivity contribution >= 4 is 5.97 Å². The van der Waals surface area contributed by atoms with Crippen LogP contribution >= 0.6 is 0 Å². The normalized spacial score (nSPS) is 8.00. The van der Waals surface area contributed by atoms with Gasteiger partial charge in [0, 0.05) is 6.92 Å². The van der Waals surface area contributed by atoms with Gasteiger partial charge in [0.15, 0.2) is 0 Å². The van der Waals surface area contributed by atoms with E-state index in [2.05, 4.69) is 10.1 Å². The van der Waals surface area contributed by atoms with Gasteiger partial charge in [-0.2, -0.15) is 0 Å². The number of carbonyl (C=O) groups excluding carboxylic acids is 1. The van der Waals surface area contributed by atoms with E-state index in [0.717, 1.165) is 13.0 Å². The van der Waals surface area contributed by atoms with Gasteiger partial charge in [0.25, 0.3) is 0 Å². The summed E-state index contributed by atoms with van der Waals surface area (Å²) >= 11 is 0. The second-order valence-corrected chi connectivity index (χ2v) is 1.80. The van der Waals surface area contributed by atoms with Crippen LogP contribution in [-0.2, 0) is 9.53 Å². The van der Waals surface area contributed by atoms with Gasteiger partial charge in [-0.25, -0.2) is 0 Å². The highest BCUT2D eigenvalue weighted by Crippen LogP contribution is 1.80. The zero-order chi connectivity index (χ0) is 9.11. The van der Waals surface area contributed by atoms with Gasteiger partial charge in [0.05, 0.1) is 6.61 Å². The molecule has 0 heterocycles. The van der Waals surface area contributed by atoms with Gasteiger partial charge in [-0.15, -0.1) is 0 Å². The summed E-state index contributed by atoms with van der Waals surface area (Å²) < 4.78 is 4.66. The minimum atomic E-state index is -0.203. The second kappa shape index (κ2) is 12.1. The fourth-order valence-electron chi connectivity index (χ4n) is 0.465. The lowest BCUT2D eigenvalue weighted by atomic mass is 10.4. The standard InChI is InChI=1S/C6H13NO2.C2H6/c1-6(8)9-5-3-4-7-2;1-2/h7H,3-5H2,1-2H3;1-2H3. The molecule has 11 heavy (non-hydrogen) atoms. The Hall–Kier alpha value is -0.570. The molecule has 0 saturated heterocycles. The molecule has 0 unspecified atom stereocenters. The SMILES string of the molecule is CC.CNCCCOC(C)=O. The summed E-state index contributed by atoms with van der Waals surface area (Å²) in [5.74, 6) is -0.203. The molecule has 0 aliphatic heterocycles. The maximum absolute atomic E-state index is 10.2. The van der Waals surface area contributed by atoms with Gasteiger partial charge in [-0.1, -0.05) is 13.8 Å². The molecular formula is C8H19NO2. The topological polar surface area (TPSA) is 38.3 Å². The van der Waals surface area contributed by atoms with Gasteiger partial charge in [0.1, 0.15) is 0 Å². The van der Waals surface area contributed by atoms with Crippen molar-refractivity contribution in [2.45, 2.75) is 27.2 Å². The minimum Gasteiger partial charge on any atom is -0.466 e. The molecule has 0 aromatic carbocycles. The fourth-order valence-corrected chi connectivity index (χ4v) is 0.465. The van der Waals surface area contributed by atoms with Crippen molar-refractivity contribution in [2.24, 2.45) is 0 Å². The van der Waals surface area contributed by atoms with Gasteiger partial charge in [0.2, 0.25) is 0 Å². The summed E-state index contributed by atoms with van der Waals surface area (Å²) in [6, 6.07) is 0. The number of esters is 1. The molecule has 0 aliphatic carbocycles. The molecule has 0 bridgehead atoms. The van der Waals surface area contributed by atoms with Crippen molar-refractivity contribution in [1.82, 2.24) is 5.32 Å². The highest BCUT2D eigenvalue weighted by Gasteiger charge is 1.89. The summed E-state index contributed by atoms with van der Waals surface area (Å²) in [5.41, 5.74) is 0. The van der Waals surface area contributed by atoms with E-state index in [0.29, 0.717) is 6.61 Å². The summed E-state index contributed by atoms with van der Waals surface area (Å²) in [4.78, 5) is 10.2. The predicted molar refractivity (Wildman–Crippen MR) is 46.5 cm³/mol. The first-order valence-corrected chi connectivity index (χ1v) is 4.05. The van der Waals surface area contributed by atoms with Crippen LogP contribution in [0.15, 0.2) is 0 Å². The first-order valence-electron chi connectivity index (χ1n) is 4.05. The molecule has 0 aromatic heterocycles. The molecule has 0 rings (SSSR count). The average molecular weight is 161 g/mol. The predicted octanol–water partition coefficient (Wildman–Crippen LogP) is 1.19. The van der Waals surface area contributed by atoms with Gasteiger partial charge in [-0.05, 0) is 20.0 Å². The van der Waals surface area contributed by atoms with Crippen LogP contribution in [0.25, 0.3) is 0 Å². The average Bonchev–Trinajstić information content (AvgIpc) is 2.02. The lowest BCUT2D eigenvalue weighted by molar-refractivity contribution is -0.141. The van der Waals surface area contributed by atoms with E-state index >= 15 is 0 Å². The quantitative estimate of drug-likeness (QED) is 0.497. The summed E-state index contributed by atoms with van der Waals surface area (Å²) in [6.45, 7) is 6.84. The summed E-state index contributed by atoms with van der Waals surface area (Å²) in [7, 11) is 1.87. The third kappa shape index (κ3) is 17.7. The molecule has 0 saturated carbocycles. The van der Waals surface area contributed by atoms with Crippen molar-refractivity contribution in [3.63, 3.8) is 0 Å². The molecular weight excluding hydrogens is 142 g/mol. The molecule has 68 valence electrons. The molecule has 0 fully saturated rings. The van der Waals surface area contributed by atoms with E-state index in [1.54, 1.807) is 0 Å². The molecule has 0 amide bonds. The Labute approximate surface area is 69.1 Å². The van der Waals surface area contributed by atoms with Gasteiger partial charge < -0.3 is 10.1 Å². The number of hydrogen-bond donors (Lipinski definition) is 1. The third-order valence-electron chi connectivity index (χ3n) is 0.876. The molecule has 3 nitrogen and oxygen atoms in total. The van der Waals surface area contributed by atoms with E-state index in [-0.39, 0.29) is 5.97 Å². The van der Waals surface area contributed by atoms with Gasteiger partial charge in [-0.3, -0.25) is 4.79 Å². The first kappa shape index (κ1) is 13.1. The van der Waals surface area contributed by atoms with Crippen LogP contribution in [0.2, 0.25) is 0 Å². The fraction of sp³-hybridized carbons (Fsp3) is 0.875. The minimum absolute atomic E-state index is 0.203. The van der Waals surface area contributed by atoms with Crippen LogP contribution in [0.3, 0.4) is 0 Å². The first-order chi connectivity index (χ1) is 5.27. The Morgan fingerprint density at radius 1 is 1.45 bits per heavy atom. The van der Waals surface area contributed by atoms with E-state index in [4.69, 9.17) is 0 Å². The van der Waals surface area contributed by atoms with Crippen molar-refractivity contribution in [3.05, 3.63) is 0 Å². The number of carbonyl (C=O) groups is 1. The number of nitrogens with one attached hydrogen (secondary N) is 1. The third-order valence-corrected chi connectivity index (χ3v) is 0.876.